The third kappa shape index (κ3) is 1.22. The Balaban J connectivity index is 2.53. The molecule has 4 nitrogen and oxygen atoms in total. The minimum atomic E-state index is -0.536. The second-order valence-electron chi connectivity index (χ2n) is 2.79. The fraction of sp³-hybridized carbons (Fsp3) is 0.222. The molecule has 5 heteroatoms. The van der Waals surface area contributed by atoms with Crippen LogP contribution in [0.15, 0.2) is 12.1 Å². The Morgan fingerprint density at radius 3 is 2.86 bits per heavy atom. The maximum absolute atomic E-state index is 13.1. The number of Topliss-reactive ketones (excluding diaryl/α,β-unsaturated/α-hetero) is 1. The van der Waals surface area contributed by atoms with E-state index in [-0.39, 0.29) is 36.2 Å². The number of rotatable bonds is 2. The normalized spacial score (nSPS) is 13.0. The third-order valence-corrected chi connectivity index (χ3v) is 1.96. The molecule has 0 saturated heterocycles. The fourth-order valence-electron chi connectivity index (χ4n) is 1.29. The molecule has 0 unspecified atom stereocenters. The molecule has 1 aromatic carbocycles. The van der Waals surface area contributed by atoms with Crippen LogP contribution in [0.4, 0.5) is 4.39 Å². The first-order valence-corrected chi connectivity index (χ1v) is 4.05. The quantitative estimate of drug-likeness (QED) is 0.709. The average molecular weight is 197 g/mol. The summed E-state index contributed by atoms with van der Waals surface area (Å²) < 4.78 is 23.0. The number of hydrogen-bond acceptors (Lipinski definition) is 4. The van der Waals surface area contributed by atoms with Crippen LogP contribution in [0, 0.1) is 5.82 Å². The van der Waals surface area contributed by atoms with Gasteiger partial charge in [0, 0.05) is 0 Å². The largest absolute Gasteiger partial charge is 0.453 e. The van der Waals surface area contributed by atoms with E-state index in [1.165, 1.54) is 6.07 Å². The molecule has 0 fully saturated rings. The highest BCUT2D eigenvalue weighted by molar-refractivity contribution is 6.00. The number of ketones is 1. The van der Waals surface area contributed by atoms with Crippen LogP contribution in [0.5, 0.6) is 11.5 Å². The van der Waals surface area contributed by atoms with Crippen LogP contribution in [-0.4, -0.2) is 19.1 Å². The lowest BCUT2D eigenvalue weighted by Crippen LogP contribution is -2.14. The van der Waals surface area contributed by atoms with Crippen molar-refractivity contribution < 1.29 is 18.7 Å². The number of carbonyl (C=O) groups is 1. The molecule has 0 saturated carbocycles. The minimum absolute atomic E-state index is 0.00991. The van der Waals surface area contributed by atoms with Gasteiger partial charge in [0.15, 0.2) is 17.3 Å². The van der Waals surface area contributed by atoms with Crippen molar-refractivity contribution in [3.05, 3.63) is 23.5 Å². The summed E-state index contributed by atoms with van der Waals surface area (Å²) in [6.07, 6.45) is 0. The maximum Gasteiger partial charge on any atom is 0.231 e. The Labute approximate surface area is 79.4 Å². The average Bonchev–Trinajstić information content (AvgIpc) is 2.67. The van der Waals surface area contributed by atoms with Gasteiger partial charge in [-0.25, -0.2) is 4.39 Å². The highest BCUT2D eigenvalue weighted by Crippen LogP contribution is 2.37. The molecule has 0 amide bonds. The molecule has 2 rings (SSSR count). The summed E-state index contributed by atoms with van der Waals surface area (Å²) >= 11 is 0. The van der Waals surface area contributed by atoms with E-state index >= 15 is 0 Å². The molecule has 1 heterocycles. The maximum atomic E-state index is 13.1. The Morgan fingerprint density at radius 2 is 2.14 bits per heavy atom. The highest BCUT2D eigenvalue weighted by atomic mass is 19.1. The summed E-state index contributed by atoms with van der Waals surface area (Å²) in [6, 6.07) is 2.51. The van der Waals surface area contributed by atoms with Gasteiger partial charge in [-0.15, -0.1) is 0 Å². The number of fused-ring (bicyclic) bond motifs is 1. The van der Waals surface area contributed by atoms with E-state index in [4.69, 9.17) is 15.2 Å². The predicted octanol–water partition coefficient (Wildman–Crippen LogP) is 0.696. The van der Waals surface area contributed by atoms with Crippen molar-refractivity contribution in [3.63, 3.8) is 0 Å². The van der Waals surface area contributed by atoms with Gasteiger partial charge in [0.05, 0.1) is 12.1 Å². The van der Waals surface area contributed by atoms with Crippen LogP contribution in [0.25, 0.3) is 0 Å². The summed E-state index contributed by atoms with van der Waals surface area (Å²) in [5, 5.41) is 0. The van der Waals surface area contributed by atoms with E-state index < -0.39 is 5.82 Å². The summed E-state index contributed by atoms with van der Waals surface area (Å²) in [7, 11) is 0. The molecule has 0 bridgehead atoms. The minimum Gasteiger partial charge on any atom is -0.453 e. The molecule has 74 valence electrons. The molecular formula is C9H8FNO3. The van der Waals surface area contributed by atoms with Crippen LogP contribution in [0.1, 0.15) is 10.4 Å². The van der Waals surface area contributed by atoms with Crippen molar-refractivity contribution >= 4 is 5.78 Å². The van der Waals surface area contributed by atoms with Crippen molar-refractivity contribution in [1.29, 1.82) is 0 Å². The highest BCUT2D eigenvalue weighted by Gasteiger charge is 2.24. The number of halogens is 1. The van der Waals surface area contributed by atoms with Gasteiger partial charge in [0.25, 0.3) is 0 Å². The van der Waals surface area contributed by atoms with Crippen molar-refractivity contribution in [1.82, 2.24) is 0 Å². The fourth-order valence-corrected chi connectivity index (χ4v) is 1.29. The van der Waals surface area contributed by atoms with Gasteiger partial charge in [-0.05, 0) is 12.1 Å². The van der Waals surface area contributed by atoms with Gasteiger partial charge in [-0.1, -0.05) is 0 Å². The molecule has 0 aliphatic carbocycles. The molecule has 1 aliphatic rings. The van der Waals surface area contributed by atoms with Crippen LogP contribution in [0.3, 0.4) is 0 Å². The van der Waals surface area contributed by atoms with Crippen LogP contribution < -0.4 is 15.2 Å². The molecule has 1 aromatic rings. The zero-order chi connectivity index (χ0) is 10.1. The molecule has 1 aliphatic heterocycles. The Bertz CT molecular complexity index is 392. The number of carbonyl (C=O) groups excluding carboxylic acids is 1. The molecular weight excluding hydrogens is 189 g/mol. The Kier molecular flexibility index (Phi) is 2.09. The van der Waals surface area contributed by atoms with Crippen molar-refractivity contribution in [2.75, 3.05) is 13.3 Å². The van der Waals surface area contributed by atoms with Gasteiger partial charge in [-0.2, -0.15) is 0 Å². The first-order chi connectivity index (χ1) is 6.74. The van der Waals surface area contributed by atoms with E-state index in [9.17, 15) is 9.18 Å². The third-order valence-electron chi connectivity index (χ3n) is 1.96. The molecule has 14 heavy (non-hydrogen) atoms. The van der Waals surface area contributed by atoms with Crippen molar-refractivity contribution in [2.24, 2.45) is 5.73 Å². The number of nitrogens with two attached hydrogens (primary N) is 1. The van der Waals surface area contributed by atoms with Gasteiger partial charge in [0.2, 0.25) is 12.5 Å². The van der Waals surface area contributed by atoms with Crippen LogP contribution in [0.2, 0.25) is 0 Å². The zero-order valence-corrected chi connectivity index (χ0v) is 7.25. The van der Waals surface area contributed by atoms with Gasteiger partial charge in [-0.3, -0.25) is 4.79 Å². The monoisotopic (exact) mass is 197 g/mol. The summed E-state index contributed by atoms with van der Waals surface area (Å²) in [4.78, 5) is 11.3. The molecule has 2 N–H and O–H groups in total. The summed E-state index contributed by atoms with van der Waals surface area (Å²) in [5.41, 5.74) is 5.46. The lowest BCUT2D eigenvalue weighted by atomic mass is 10.1. The number of ether oxygens (including phenoxy) is 2. The SMILES string of the molecule is NCC(=O)c1ccc(F)c2c1OCO2. The van der Waals surface area contributed by atoms with Crippen LogP contribution >= 0.6 is 0 Å². The van der Waals surface area contributed by atoms with E-state index in [0.717, 1.165) is 6.07 Å². The predicted molar refractivity (Wildman–Crippen MR) is 45.9 cm³/mol. The Hall–Kier alpha value is -1.62. The second kappa shape index (κ2) is 3.26. The van der Waals surface area contributed by atoms with E-state index in [0.29, 0.717) is 0 Å². The number of benzene rings is 1. The summed E-state index contributed by atoms with van der Waals surface area (Å²) in [5.74, 6) is -0.692. The van der Waals surface area contributed by atoms with Crippen molar-refractivity contribution in [2.45, 2.75) is 0 Å². The second-order valence-corrected chi connectivity index (χ2v) is 2.79. The van der Waals surface area contributed by atoms with Crippen molar-refractivity contribution in [3.8, 4) is 11.5 Å². The zero-order valence-electron chi connectivity index (χ0n) is 7.25. The lowest BCUT2D eigenvalue weighted by molar-refractivity contribution is 0.0996. The van der Waals surface area contributed by atoms with Gasteiger partial charge in [0.1, 0.15) is 0 Å². The molecule has 0 spiro atoms. The van der Waals surface area contributed by atoms with Crippen LogP contribution in [-0.2, 0) is 0 Å². The van der Waals surface area contributed by atoms with Gasteiger partial charge < -0.3 is 15.2 Å². The Morgan fingerprint density at radius 1 is 1.43 bits per heavy atom. The topological polar surface area (TPSA) is 61.6 Å². The first-order valence-electron chi connectivity index (χ1n) is 4.05. The van der Waals surface area contributed by atoms with E-state index in [2.05, 4.69) is 0 Å². The smallest absolute Gasteiger partial charge is 0.231 e. The molecule has 0 aromatic heterocycles. The van der Waals surface area contributed by atoms with Gasteiger partial charge >= 0.3 is 0 Å². The lowest BCUT2D eigenvalue weighted by Gasteiger charge is -2.03. The summed E-state index contributed by atoms with van der Waals surface area (Å²) in [6.45, 7) is -0.206. The molecule has 0 radical (unpaired) electrons. The van der Waals surface area contributed by atoms with E-state index in [1.807, 2.05) is 0 Å². The molecule has 0 atom stereocenters. The standard InChI is InChI=1S/C9H8FNO3/c10-6-2-1-5(7(12)3-11)8-9(6)14-4-13-8/h1-2H,3-4,11H2. The first kappa shape index (κ1) is 8.96. The number of hydrogen-bond donors (Lipinski definition) is 1. The van der Waals surface area contributed by atoms with E-state index in [1.54, 1.807) is 0 Å².